The van der Waals surface area contributed by atoms with Crippen LogP contribution in [0.3, 0.4) is 0 Å². The van der Waals surface area contributed by atoms with Gasteiger partial charge in [-0.05, 0) is 49.6 Å². The lowest BCUT2D eigenvalue weighted by atomic mass is 9.98. The highest BCUT2D eigenvalue weighted by Gasteiger charge is 2.36. The van der Waals surface area contributed by atoms with E-state index in [0.29, 0.717) is 61.3 Å². The quantitative estimate of drug-likeness (QED) is 0.401. The van der Waals surface area contributed by atoms with Gasteiger partial charge < -0.3 is 15.0 Å². The van der Waals surface area contributed by atoms with Gasteiger partial charge in [0.25, 0.3) is 5.91 Å². The summed E-state index contributed by atoms with van der Waals surface area (Å²) in [5, 5.41) is 4.34. The zero-order valence-corrected chi connectivity index (χ0v) is 22.4. The van der Waals surface area contributed by atoms with Gasteiger partial charge in [-0.1, -0.05) is 12.1 Å². The number of benzene rings is 2. The molecule has 2 aliphatic heterocycles. The van der Waals surface area contributed by atoms with E-state index in [1.165, 1.54) is 0 Å². The number of methoxy groups -OCH3 is 1. The molecule has 3 aromatic rings. The van der Waals surface area contributed by atoms with Crippen molar-refractivity contribution in [1.29, 1.82) is 0 Å². The number of piperidine rings is 1. The maximum atomic E-state index is 13.3. The number of aromatic nitrogens is 1. The van der Waals surface area contributed by atoms with Crippen LogP contribution in [-0.4, -0.2) is 62.9 Å². The van der Waals surface area contributed by atoms with Crippen LogP contribution < -0.4 is 10.2 Å². The molecule has 2 aliphatic rings. The van der Waals surface area contributed by atoms with Crippen molar-refractivity contribution in [2.75, 3.05) is 43.6 Å². The summed E-state index contributed by atoms with van der Waals surface area (Å²) in [4.78, 5) is 30.9. The van der Waals surface area contributed by atoms with Crippen molar-refractivity contribution >= 4 is 44.0 Å². The fraction of sp³-hybridized carbons (Fsp3) is 0.370. The van der Waals surface area contributed by atoms with Crippen LogP contribution in [0.25, 0.3) is 10.8 Å². The molecule has 0 aliphatic carbocycles. The first kappa shape index (κ1) is 28.0. The fourth-order valence-electron chi connectivity index (χ4n) is 5.20. The molecule has 2 aromatic carbocycles. The summed E-state index contributed by atoms with van der Waals surface area (Å²) in [5.74, 6) is -1.18. The number of hydrogen-bond acceptors (Lipinski definition) is 6. The summed E-state index contributed by atoms with van der Waals surface area (Å²) in [5.41, 5.74) is 0.613. The second kappa shape index (κ2) is 10.8. The van der Waals surface area contributed by atoms with E-state index >= 15 is 0 Å². The van der Waals surface area contributed by atoms with Gasteiger partial charge in [0.1, 0.15) is 10.6 Å². The van der Waals surface area contributed by atoms with E-state index < -0.39 is 27.8 Å². The van der Waals surface area contributed by atoms with Crippen molar-refractivity contribution in [3.05, 3.63) is 59.9 Å². The monoisotopic (exact) mass is 576 g/mol. The number of ether oxygens (including phenoxy) is 1. The number of carbonyl (C=O) groups excluding carboxylic acids is 2. The second-order valence-corrected chi connectivity index (χ2v) is 11.7. The molecule has 1 N–H and O–H groups in total. The predicted octanol–water partition coefficient (Wildman–Crippen LogP) is 4.29. The maximum absolute atomic E-state index is 13.3. The third-order valence-corrected chi connectivity index (χ3v) is 9.04. The van der Waals surface area contributed by atoms with E-state index in [9.17, 15) is 31.2 Å². The Kier molecular flexibility index (Phi) is 7.55. The van der Waals surface area contributed by atoms with Crippen LogP contribution >= 0.6 is 0 Å². The van der Waals surface area contributed by atoms with Crippen molar-refractivity contribution < 1.29 is 35.9 Å². The number of alkyl halides is 3. The zero-order chi connectivity index (χ0) is 28.7. The normalized spacial score (nSPS) is 17.9. The lowest BCUT2D eigenvalue weighted by Crippen LogP contribution is -2.43. The van der Waals surface area contributed by atoms with Gasteiger partial charge in [0, 0.05) is 61.6 Å². The average Bonchev–Trinajstić information content (AvgIpc) is 3.22. The molecular weight excluding hydrogens is 549 g/mol. The molecule has 2 amide bonds. The maximum Gasteiger partial charge on any atom is 0.433 e. The van der Waals surface area contributed by atoms with Crippen LogP contribution in [0.4, 0.5) is 24.5 Å². The number of carbonyl (C=O) groups is 2. The summed E-state index contributed by atoms with van der Waals surface area (Å²) >= 11 is 0. The molecule has 0 saturated carbocycles. The number of nitrogens with one attached hydrogen (secondary N) is 1. The highest BCUT2D eigenvalue weighted by molar-refractivity contribution is 7.89. The third kappa shape index (κ3) is 5.16. The minimum absolute atomic E-state index is 0.119. The molecule has 13 heteroatoms. The highest BCUT2D eigenvalue weighted by Crippen LogP contribution is 2.41. The topological polar surface area (TPSA) is 109 Å². The molecule has 40 heavy (non-hydrogen) atoms. The van der Waals surface area contributed by atoms with Crippen LogP contribution in [0.2, 0.25) is 0 Å². The van der Waals surface area contributed by atoms with Gasteiger partial charge in [0.2, 0.25) is 15.9 Å². The first-order valence-electron chi connectivity index (χ1n) is 12.7. The van der Waals surface area contributed by atoms with Gasteiger partial charge in [-0.25, -0.2) is 8.42 Å². The highest BCUT2D eigenvalue weighted by atomic mass is 32.2. The molecule has 3 heterocycles. The Morgan fingerprint density at radius 1 is 1.18 bits per heavy atom. The molecular formula is C27H27F3N4O5S. The Balaban J connectivity index is 1.34. The number of nitrogens with zero attached hydrogens (tertiary/aromatic N) is 3. The Morgan fingerprint density at radius 3 is 2.67 bits per heavy atom. The molecule has 212 valence electrons. The predicted molar refractivity (Wildman–Crippen MR) is 141 cm³/mol. The number of anilines is 2. The van der Waals surface area contributed by atoms with Gasteiger partial charge >= 0.3 is 6.18 Å². The van der Waals surface area contributed by atoms with Gasteiger partial charge in [-0.15, -0.1) is 0 Å². The first-order valence-corrected chi connectivity index (χ1v) is 14.2. The van der Waals surface area contributed by atoms with Crippen LogP contribution in [0.1, 0.15) is 35.3 Å². The molecule has 1 fully saturated rings. The van der Waals surface area contributed by atoms with E-state index in [1.54, 1.807) is 36.3 Å². The molecule has 0 radical (unpaired) electrons. The van der Waals surface area contributed by atoms with E-state index in [-0.39, 0.29) is 29.8 Å². The standard InChI is InChI=1S/C27H27F3N4O5S/c1-39-14-4-13-34-22-10-9-21(19-6-2-7-20(24(19)22)26(34)36)32-25(35)17-5-3-12-33(16-17)40(37,38)18-8-11-23(31-15-18)27(28,29)30/h2,6-11,15,17H,3-5,12-14,16H2,1H3,(H,32,35). The molecule has 5 rings (SSSR count). The Bertz CT molecular complexity index is 1560. The van der Waals surface area contributed by atoms with Gasteiger partial charge in [-0.2, -0.15) is 17.5 Å². The number of amides is 2. The summed E-state index contributed by atoms with van der Waals surface area (Å²) in [6.45, 7) is 1.02. The van der Waals surface area contributed by atoms with E-state index in [1.807, 2.05) is 6.07 Å². The summed E-state index contributed by atoms with van der Waals surface area (Å²) in [7, 11) is -2.55. The number of sulfonamides is 1. The first-order chi connectivity index (χ1) is 19.0. The molecule has 1 aromatic heterocycles. The molecule has 0 bridgehead atoms. The van der Waals surface area contributed by atoms with Crippen molar-refractivity contribution in [3.8, 4) is 0 Å². The number of hydrogen-bond donors (Lipinski definition) is 1. The van der Waals surface area contributed by atoms with Crippen LogP contribution in [-0.2, 0) is 25.7 Å². The van der Waals surface area contributed by atoms with Crippen molar-refractivity contribution in [2.24, 2.45) is 5.92 Å². The minimum atomic E-state index is -4.69. The molecule has 9 nitrogen and oxygen atoms in total. The van der Waals surface area contributed by atoms with Gasteiger partial charge in [0.15, 0.2) is 0 Å². The van der Waals surface area contributed by atoms with Crippen molar-refractivity contribution in [3.63, 3.8) is 0 Å². The minimum Gasteiger partial charge on any atom is -0.385 e. The smallest absolute Gasteiger partial charge is 0.385 e. The van der Waals surface area contributed by atoms with Crippen LogP contribution in [0.5, 0.6) is 0 Å². The SMILES string of the molecule is COCCCN1C(=O)c2cccc3c(NC(=O)C4CCCN(S(=O)(=O)c5ccc(C(F)(F)F)nc5)C4)ccc1c23. The van der Waals surface area contributed by atoms with E-state index in [2.05, 4.69) is 10.3 Å². The summed E-state index contributed by atoms with van der Waals surface area (Å²) in [6.07, 6.45) is -2.49. The molecule has 1 atom stereocenters. The molecule has 1 saturated heterocycles. The molecule has 0 spiro atoms. The molecule has 1 unspecified atom stereocenters. The van der Waals surface area contributed by atoms with E-state index in [4.69, 9.17) is 4.74 Å². The Hall–Kier alpha value is -3.55. The largest absolute Gasteiger partial charge is 0.433 e. The summed E-state index contributed by atoms with van der Waals surface area (Å²) in [6, 6.07) is 10.3. The van der Waals surface area contributed by atoms with Gasteiger partial charge in [-0.3, -0.25) is 14.6 Å². The number of halogens is 3. The third-order valence-electron chi connectivity index (χ3n) is 7.19. The Morgan fingerprint density at radius 2 is 1.98 bits per heavy atom. The van der Waals surface area contributed by atoms with Crippen LogP contribution in [0, 0.1) is 5.92 Å². The number of rotatable bonds is 8. The second-order valence-electron chi connectivity index (χ2n) is 9.73. The average molecular weight is 577 g/mol. The van der Waals surface area contributed by atoms with Gasteiger partial charge in [0.05, 0.1) is 11.6 Å². The summed E-state index contributed by atoms with van der Waals surface area (Å²) < 4.78 is 71.0. The lowest BCUT2D eigenvalue weighted by Gasteiger charge is -2.31. The Labute approximate surface area is 229 Å². The van der Waals surface area contributed by atoms with Crippen molar-refractivity contribution in [2.45, 2.75) is 30.3 Å². The lowest BCUT2D eigenvalue weighted by molar-refractivity contribution is -0.141. The fourth-order valence-corrected chi connectivity index (χ4v) is 6.67. The zero-order valence-electron chi connectivity index (χ0n) is 21.6. The van der Waals surface area contributed by atoms with Crippen LogP contribution in [0.15, 0.2) is 53.6 Å². The van der Waals surface area contributed by atoms with Crippen molar-refractivity contribution in [1.82, 2.24) is 9.29 Å². The number of pyridine rings is 1. The van der Waals surface area contributed by atoms with E-state index in [0.717, 1.165) is 21.4 Å².